The molecule has 1 atom stereocenters. The van der Waals surface area contributed by atoms with Gasteiger partial charge in [-0.15, -0.1) is 0 Å². The summed E-state index contributed by atoms with van der Waals surface area (Å²) in [6.45, 7) is 1.40. The van der Waals surface area contributed by atoms with Gasteiger partial charge < -0.3 is 0 Å². The summed E-state index contributed by atoms with van der Waals surface area (Å²) in [7, 11) is -8.34. The van der Waals surface area contributed by atoms with E-state index in [1.54, 1.807) is 0 Å². The van der Waals surface area contributed by atoms with Gasteiger partial charge in [-0.3, -0.25) is 0 Å². The first-order valence-electron chi connectivity index (χ1n) is 7.23. The van der Waals surface area contributed by atoms with Crippen LogP contribution >= 0.6 is 11.6 Å². The molecule has 0 fully saturated rings. The normalized spacial score (nSPS) is 14.1. The monoisotopic (exact) mass is 442 g/mol. The number of sulfonamides is 2. The molecule has 2 aromatic carbocycles. The Kier molecular flexibility index (Phi) is 5.93. The zero-order chi connectivity index (χ0) is 20.6. The Morgan fingerprint density at radius 1 is 1.04 bits per heavy atom. The van der Waals surface area contributed by atoms with Crippen molar-refractivity contribution in [1.82, 2.24) is 4.72 Å². The lowest BCUT2D eigenvalue weighted by Gasteiger charge is -2.16. The molecule has 27 heavy (non-hydrogen) atoms. The summed E-state index contributed by atoms with van der Waals surface area (Å²) in [5.74, 6) is 0. The van der Waals surface area contributed by atoms with E-state index >= 15 is 0 Å². The van der Waals surface area contributed by atoms with Gasteiger partial charge in [-0.25, -0.2) is 26.7 Å². The van der Waals surface area contributed by atoms with Gasteiger partial charge in [0.05, 0.1) is 20.4 Å². The molecule has 0 aliphatic rings. The fraction of sp³-hybridized carbons (Fsp3) is 0.200. The molecule has 6 nitrogen and oxygen atoms in total. The zero-order valence-electron chi connectivity index (χ0n) is 13.7. The molecule has 1 unspecified atom stereocenters. The van der Waals surface area contributed by atoms with Crippen LogP contribution < -0.4 is 9.86 Å². The van der Waals surface area contributed by atoms with Crippen LogP contribution in [0.4, 0.5) is 13.2 Å². The molecule has 0 spiro atoms. The number of primary sulfonamides is 1. The summed E-state index contributed by atoms with van der Waals surface area (Å²) in [4.78, 5) is -0.856. The highest BCUT2D eigenvalue weighted by molar-refractivity contribution is 7.89. The third-order valence-electron chi connectivity index (χ3n) is 3.57. The molecule has 0 saturated carbocycles. The molecule has 2 aromatic rings. The number of alkyl halides is 3. The molecule has 2 rings (SSSR count). The van der Waals surface area contributed by atoms with Crippen molar-refractivity contribution in [3.05, 3.63) is 58.6 Å². The fourth-order valence-electron chi connectivity index (χ4n) is 2.22. The van der Waals surface area contributed by atoms with Gasteiger partial charge in [0.15, 0.2) is 0 Å². The SMILES string of the molecule is CC(NS(=O)(=O)c1ccc(Cl)c(C(F)(F)F)c1)c1cccc(S(N)(=O)=O)c1. The number of benzene rings is 2. The van der Waals surface area contributed by atoms with Crippen LogP contribution in [0, 0.1) is 0 Å². The highest BCUT2D eigenvalue weighted by atomic mass is 35.5. The van der Waals surface area contributed by atoms with E-state index < -0.39 is 47.7 Å². The fourth-order valence-corrected chi connectivity index (χ4v) is 4.27. The van der Waals surface area contributed by atoms with Crippen LogP contribution in [0.1, 0.15) is 24.1 Å². The predicted octanol–water partition coefficient (Wildman–Crippen LogP) is 3.05. The topological polar surface area (TPSA) is 106 Å². The van der Waals surface area contributed by atoms with Crippen LogP contribution in [0.2, 0.25) is 5.02 Å². The second kappa shape index (κ2) is 7.40. The van der Waals surface area contributed by atoms with Gasteiger partial charge in [0.2, 0.25) is 20.0 Å². The number of nitrogens with one attached hydrogen (secondary N) is 1. The van der Waals surface area contributed by atoms with Crippen LogP contribution in [0.3, 0.4) is 0 Å². The molecule has 12 heteroatoms. The maximum atomic E-state index is 12.9. The molecule has 3 N–H and O–H groups in total. The Bertz CT molecular complexity index is 1070. The van der Waals surface area contributed by atoms with E-state index in [4.69, 9.17) is 16.7 Å². The van der Waals surface area contributed by atoms with Crippen LogP contribution in [-0.2, 0) is 26.2 Å². The summed E-state index contributed by atoms with van der Waals surface area (Å²) in [5.41, 5.74) is -1.02. The summed E-state index contributed by atoms with van der Waals surface area (Å²) in [5, 5.41) is 4.40. The van der Waals surface area contributed by atoms with Crippen molar-refractivity contribution in [2.75, 3.05) is 0 Å². The molecule has 0 aliphatic heterocycles. The minimum atomic E-state index is -4.82. The van der Waals surface area contributed by atoms with Crippen molar-refractivity contribution in [1.29, 1.82) is 0 Å². The van der Waals surface area contributed by atoms with Crippen LogP contribution in [0.5, 0.6) is 0 Å². The third-order valence-corrected chi connectivity index (χ3v) is 6.35. The van der Waals surface area contributed by atoms with Crippen molar-refractivity contribution in [2.45, 2.75) is 28.9 Å². The number of hydrogen-bond acceptors (Lipinski definition) is 4. The first-order valence-corrected chi connectivity index (χ1v) is 10.6. The molecular weight excluding hydrogens is 429 g/mol. The van der Waals surface area contributed by atoms with Crippen LogP contribution in [-0.4, -0.2) is 16.8 Å². The van der Waals surface area contributed by atoms with E-state index in [2.05, 4.69) is 4.72 Å². The van der Waals surface area contributed by atoms with Gasteiger partial charge in [0, 0.05) is 6.04 Å². The maximum absolute atomic E-state index is 12.9. The molecule has 0 aromatic heterocycles. The molecule has 148 valence electrons. The Morgan fingerprint density at radius 3 is 2.22 bits per heavy atom. The minimum Gasteiger partial charge on any atom is -0.225 e. The van der Waals surface area contributed by atoms with E-state index in [1.807, 2.05) is 0 Å². The van der Waals surface area contributed by atoms with E-state index in [9.17, 15) is 30.0 Å². The summed E-state index contributed by atoms with van der Waals surface area (Å²) in [6.07, 6.45) is -4.82. The second-order valence-corrected chi connectivity index (χ2v) is 9.28. The van der Waals surface area contributed by atoms with Gasteiger partial charge in [0.25, 0.3) is 0 Å². The lowest BCUT2D eigenvalue weighted by Crippen LogP contribution is -2.27. The Morgan fingerprint density at radius 2 is 1.67 bits per heavy atom. The number of hydrogen-bond donors (Lipinski definition) is 2. The largest absolute Gasteiger partial charge is 0.417 e. The van der Waals surface area contributed by atoms with Crippen molar-refractivity contribution in [3.63, 3.8) is 0 Å². The smallest absolute Gasteiger partial charge is 0.225 e. The first kappa shape index (κ1) is 21.6. The second-order valence-electron chi connectivity index (χ2n) is 5.60. The van der Waals surface area contributed by atoms with Gasteiger partial charge >= 0.3 is 6.18 Å². The van der Waals surface area contributed by atoms with Gasteiger partial charge in [0.1, 0.15) is 0 Å². The lowest BCUT2D eigenvalue weighted by molar-refractivity contribution is -0.137. The van der Waals surface area contributed by atoms with Crippen molar-refractivity contribution < 1.29 is 30.0 Å². The van der Waals surface area contributed by atoms with Crippen LogP contribution in [0.25, 0.3) is 0 Å². The summed E-state index contributed by atoms with van der Waals surface area (Å²) >= 11 is 5.49. The highest BCUT2D eigenvalue weighted by Crippen LogP contribution is 2.36. The summed E-state index contributed by atoms with van der Waals surface area (Å²) < 4.78 is 88.6. The quantitative estimate of drug-likeness (QED) is 0.742. The summed E-state index contributed by atoms with van der Waals surface area (Å²) in [6, 6.07) is 6.48. The van der Waals surface area contributed by atoms with Crippen LogP contribution in [0.15, 0.2) is 52.3 Å². The van der Waals surface area contributed by atoms with Crippen molar-refractivity contribution in [3.8, 4) is 0 Å². The number of rotatable bonds is 5. The highest BCUT2D eigenvalue weighted by Gasteiger charge is 2.34. The number of nitrogens with two attached hydrogens (primary N) is 1. The van der Waals surface area contributed by atoms with E-state index in [-0.39, 0.29) is 10.5 Å². The first-order chi connectivity index (χ1) is 12.2. The standard InChI is InChI=1S/C15H14ClF3N2O4S2/c1-9(10-3-2-4-11(7-10)26(20,22)23)21-27(24,25)12-5-6-14(16)13(8-12)15(17,18)19/h2-9,21H,1H3,(H2,20,22,23). The van der Waals surface area contributed by atoms with E-state index in [0.29, 0.717) is 6.07 Å². The molecule has 0 aliphatic carbocycles. The molecule has 0 amide bonds. The lowest BCUT2D eigenvalue weighted by atomic mass is 10.1. The van der Waals surface area contributed by atoms with Crippen molar-refractivity contribution in [2.24, 2.45) is 5.14 Å². The zero-order valence-corrected chi connectivity index (χ0v) is 16.0. The molecular formula is C15H14ClF3N2O4S2. The molecule has 0 bridgehead atoms. The van der Waals surface area contributed by atoms with Gasteiger partial charge in [-0.05, 0) is 42.8 Å². The minimum absolute atomic E-state index is 0.225. The third kappa shape index (κ3) is 5.20. The Hall–Kier alpha value is -1.66. The molecule has 0 saturated heterocycles. The Labute approximate surface area is 159 Å². The van der Waals surface area contributed by atoms with Gasteiger partial charge in [-0.1, -0.05) is 23.7 Å². The molecule has 0 radical (unpaired) electrons. The Balaban J connectivity index is 2.37. The van der Waals surface area contributed by atoms with E-state index in [0.717, 1.165) is 12.1 Å². The van der Waals surface area contributed by atoms with Crippen molar-refractivity contribution >= 4 is 31.6 Å². The van der Waals surface area contributed by atoms with Gasteiger partial charge in [-0.2, -0.15) is 13.2 Å². The average Bonchev–Trinajstić information content (AvgIpc) is 2.53. The maximum Gasteiger partial charge on any atom is 0.417 e. The number of halogens is 4. The average molecular weight is 443 g/mol. The predicted molar refractivity (Wildman–Crippen MR) is 93.0 cm³/mol. The molecule has 0 heterocycles. The van der Waals surface area contributed by atoms with E-state index in [1.165, 1.54) is 31.2 Å².